The van der Waals surface area contributed by atoms with Crippen LogP contribution in [0.5, 0.6) is 5.75 Å². The summed E-state index contributed by atoms with van der Waals surface area (Å²) >= 11 is 5.59. The average Bonchev–Trinajstić information content (AvgIpc) is 2.39. The van der Waals surface area contributed by atoms with E-state index in [1.807, 2.05) is 24.3 Å². The second-order valence-electron chi connectivity index (χ2n) is 3.80. The first-order valence-corrected chi connectivity index (χ1v) is 7.60. The Bertz CT molecular complexity index is 528. The summed E-state index contributed by atoms with van der Waals surface area (Å²) in [7, 11) is 0. The Morgan fingerprint density at radius 3 is 2.50 bits per heavy atom. The van der Waals surface area contributed by atoms with Gasteiger partial charge in [-0.15, -0.1) is 0 Å². The fourth-order valence-electron chi connectivity index (χ4n) is 1.53. The van der Waals surface area contributed by atoms with Gasteiger partial charge in [0.2, 0.25) is 0 Å². The van der Waals surface area contributed by atoms with E-state index in [-0.39, 0.29) is 5.82 Å². The monoisotopic (exact) mass is 420 g/mol. The van der Waals surface area contributed by atoms with Gasteiger partial charge in [0.05, 0.1) is 0 Å². The first-order valence-electron chi connectivity index (χ1n) is 5.40. The van der Waals surface area contributed by atoms with Crippen molar-refractivity contribution in [2.45, 2.75) is 11.9 Å². The number of hydrogen-bond acceptors (Lipinski definition) is 1. The van der Waals surface area contributed by atoms with Crippen LogP contribution in [-0.2, 0) is 11.9 Å². The maximum Gasteiger partial charge on any atom is 0.124 e. The Balaban J connectivity index is 2.08. The fraction of sp³-hybridized carbons (Fsp3) is 0.143. The number of benzene rings is 2. The van der Waals surface area contributed by atoms with E-state index in [4.69, 9.17) is 4.74 Å². The molecule has 2 aromatic carbocycles. The molecular formula is C14H11BrFIO. The zero-order valence-electron chi connectivity index (χ0n) is 9.50. The second kappa shape index (κ2) is 6.52. The summed E-state index contributed by atoms with van der Waals surface area (Å²) in [5, 5.41) is 0.576. The molecule has 0 amide bonds. The van der Waals surface area contributed by atoms with Gasteiger partial charge in [-0.25, -0.2) is 4.39 Å². The van der Waals surface area contributed by atoms with Crippen molar-refractivity contribution in [1.29, 1.82) is 0 Å². The molecule has 1 nitrogen and oxygen atoms in total. The largest absolute Gasteiger partial charge is 0.489 e. The molecule has 0 aliphatic heterocycles. The molecule has 0 saturated carbocycles. The molecule has 4 heteroatoms. The predicted octanol–water partition coefficient (Wildman–Crippen LogP) is 4.90. The summed E-state index contributed by atoms with van der Waals surface area (Å²) in [5.41, 5.74) is 1.92. The highest BCUT2D eigenvalue weighted by atomic mass is 127. The number of hydrogen-bond donors (Lipinski definition) is 0. The van der Waals surface area contributed by atoms with E-state index in [0.717, 1.165) is 11.1 Å². The van der Waals surface area contributed by atoms with Crippen molar-refractivity contribution < 1.29 is 9.13 Å². The molecule has 0 N–H and O–H groups in total. The molecule has 0 heterocycles. The van der Waals surface area contributed by atoms with Crippen LogP contribution in [0, 0.1) is 9.39 Å². The first kappa shape index (κ1) is 13.8. The van der Waals surface area contributed by atoms with Gasteiger partial charge in [-0.2, -0.15) is 0 Å². The van der Waals surface area contributed by atoms with E-state index in [0.29, 0.717) is 17.7 Å². The van der Waals surface area contributed by atoms with Gasteiger partial charge in [0.15, 0.2) is 0 Å². The molecule has 0 bridgehead atoms. The summed E-state index contributed by atoms with van der Waals surface area (Å²) < 4.78 is 20.0. The van der Waals surface area contributed by atoms with Crippen LogP contribution in [0.2, 0.25) is 0 Å². The van der Waals surface area contributed by atoms with Crippen molar-refractivity contribution in [2.75, 3.05) is 0 Å². The maximum atomic E-state index is 13.1. The highest BCUT2D eigenvalue weighted by molar-refractivity contribution is 14.1. The lowest BCUT2D eigenvalue weighted by atomic mass is 10.2. The van der Waals surface area contributed by atoms with Gasteiger partial charge in [-0.1, -0.05) is 28.1 Å². The standard InChI is InChI=1S/C14H11BrFIO/c15-8-11-7-12(16)3-6-14(11)18-9-10-1-4-13(17)5-2-10/h1-7H,8-9H2. The van der Waals surface area contributed by atoms with Crippen LogP contribution in [0.3, 0.4) is 0 Å². The Hall–Kier alpha value is -0.620. The van der Waals surface area contributed by atoms with E-state index < -0.39 is 0 Å². The summed E-state index contributed by atoms with van der Waals surface area (Å²) in [6, 6.07) is 12.7. The molecule has 0 atom stereocenters. The van der Waals surface area contributed by atoms with Gasteiger partial charge in [0, 0.05) is 14.5 Å². The van der Waals surface area contributed by atoms with Crippen molar-refractivity contribution in [2.24, 2.45) is 0 Å². The molecule has 0 unspecified atom stereocenters. The number of alkyl halides is 1. The lowest BCUT2D eigenvalue weighted by Crippen LogP contribution is -1.98. The van der Waals surface area contributed by atoms with Gasteiger partial charge in [-0.05, 0) is 58.5 Å². The van der Waals surface area contributed by atoms with E-state index >= 15 is 0 Å². The van der Waals surface area contributed by atoms with Gasteiger partial charge < -0.3 is 4.74 Å². The molecule has 2 rings (SSSR count). The maximum absolute atomic E-state index is 13.1. The molecule has 2 aromatic rings. The van der Waals surface area contributed by atoms with E-state index in [1.54, 1.807) is 6.07 Å². The second-order valence-corrected chi connectivity index (χ2v) is 5.61. The topological polar surface area (TPSA) is 9.23 Å². The van der Waals surface area contributed by atoms with Crippen molar-refractivity contribution >= 4 is 38.5 Å². The Morgan fingerprint density at radius 1 is 1.11 bits per heavy atom. The fourth-order valence-corrected chi connectivity index (χ4v) is 2.33. The molecule has 0 radical (unpaired) electrons. The van der Waals surface area contributed by atoms with Gasteiger partial charge in [0.25, 0.3) is 0 Å². The Kier molecular flexibility index (Phi) is 5.00. The van der Waals surface area contributed by atoms with Crippen LogP contribution in [0.4, 0.5) is 4.39 Å². The van der Waals surface area contributed by atoms with E-state index in [1.165, 1.54) is 15.7 Å². The highest BCUT2D eigenvalue weighted by Gasteiger charge is 2.04. The van der Waals surface area contributed by atoms with Crippen molar-refractivity contribution in [3.8, 4) is 5.75 Å². The minimum atomic E-state index is -0.244. The van der Waals surface area contributed by atoms with E-state index in [2.05, 4.69) is 38.5 Å². The van der Waals surface area contributed by atoms with Crippen molar-refractivity contribution in [3.63, 3.8) is 0 Å². The molecular weight excluding hydrogens is 410 g/mol. The average molecular weight is 421 g/mol. The number of rotatable bonds is 4. The summed E-state index contributed by atoms with van der Waals surface area (Å²) in [6.45, 7) is 0.489. The van der Waals surface area contributed by atoms with Crippen LogP contribution in [0.25, 0.3) is 0 Å². The first-order chi connectivity index (χ1) is 8.69. The van der Waals surface area contributed by atoms with Gasteiger partial charge in [0.1, 0.15) is 18.2 Å². The summed E-state index contributed by atoms with van der Waals surface area (Å²) in [4.78, 5) is 0. The number of halogens is 3. The zero-order valence-corrected chi connectivity index (χ0v) is 13.2. The summed E-state index contributed by atoms with van der Waals surface area (Å²) in [6.07, 6.45) is 0. The van der Waals surface area contributed by atoms with Crippen LogP contribution >= 0.6 is 38.5 Å². The third kappa shape index (κ3) is 3.68. The molecule has 0 aliphatic carbocycles. The molecule has 94 valence electrons. The molecule has 0 spiro atoms. The van der Waals surface area contributed by atoms with Gasteiger partial charge >= 0.3 is 0 Å². The molecule has 18 heavy (non-hydrogen) atoms. The highest BCUT2D eigenvalue weighted by Crippen LogP contribution is 2.23. The Morgan fingerprint density at radius 2 is 1.83 bits per heavy atom. The van der Waals surface area contributed by atoms with Crippen LogP contribution < -0.4 is 4.74 Å². The van der Waals surface area contributed by atoms with Gasteiger partial charge in [-0.3, -0.25) is 0 Å². The normalized spacial score (nSPS) is 10.4. The van der Waals surface area contributed by atoms with Crippen molar-refractivity contribution in [3.05, 3.63) is 63.0 Å². The van der Waals surface area contributed by atoms with Crippen LogP contribution in [0.1, 0.15) is 11.1 Å². The van der Waals surface area contributed by atoms with Crippen LogP contribution in [0.15, 0.2) is 42.5 Å². The number of ether oxygens (including phenoxy) is 1. The lowest BCUT2D eigenvalue weighted by molar-refractivity contribution is 0.303. The molecule has 0 aromatic heterocycles. The minimum absolute atomic E-state index is 0.244. The molecule has 0 fully saturated rings. The molecule has 0 saturated heterocycles. The third-order valence-corrected chi connectivity index (χ3v) is 3.80. The molecule has 0 aliphatic rings. The smallest absolute Gasteiger partial charge is 0.124 e. The van der Waals surface area contributed by atoms with Crippen molar-refractivity contribution in [1.82, 2.24) is 0 Å². The lowest BCUT2D eigenvalue weighted by Gasteiger charge is -2.10. The van der Waals surface area contributed by atoms with E-state index in [9.17, 15) is 4.39 Å². The third-order valence-electron chi connectivity index (χ3n) is 2.47. The predicted molar refractivity (Wildman–Crippen MR) is 82.5 cm³/mol. The van der Waals surface area contributed by atoms with Crippen LogP contribution in [-0.4, -0.2) is 0 Å². The minimum Gasteiger partial charge on any atom is -0.489 e. The SMILES string of the molecule is Fc1ccc(OCc2ccc(I)cc2)c(CBr)c1. The summed E-state index contributed by atoms with van der Waals surface area (Å²) in [5.74, 6) is 0.470. The Labute approximate surface area is 128 Å². The zero-order chi connectivity index (χ0) is 13.0. The quantitative estimate of drug-likeness (QED) is 0.504.